The van der Waals surface area contributed by atoms with Crippen molar-refractivity contribution in [2.45, 2.75) is 43.9 Å². The van der Waals surface area contributed by atoms with E-state index in [1.807, 2.05) is 53.5 Å². The highest BCUT2D eigenvalue weighted by molar-refractivity contribution is 5.85. The Morgan fingerprint density at radius 1 is 1.17 bits per heavy atom. The molecular weight excluding hydrogens is 539 g/mol. The average Bonchev–Trinajstić information content (AvgIpc) is 3.53. The topological polar surface area (TPSA) is 152 Å². The van der Waals surface area contributed by atoms with Crippen molar-refractivity contribution < 1.29 is 33.3 Å². The predicted molar refractivity (Wildman–Crippen MR) is 142 cm³/mol. The molecule has 2 aromatic carbocycles. The van der Waals surface area contributed by atoms with E-state index >= 15 is 0 Å². The maximum Gasteiger partial charge on any atom is 0.411 e. The van der Waals surface area contributed by atoms with Crippen LogP contribution in [0.4, 0.5) is 9.18 Å². The number of carbonyl (C=O) groups is 2. The molecule has 216 valence electrons. The van der Waals surface area contributed by atoms with E-state index in [1.165, 1.54) is 18.9 Å². The fourth-order valence-corrected chi connectivity index (χ4v) is 5.01. The second kappa shape index (κ2) is 11.6. The minimum atomic E-state index is -1.16. The molecule has 0 spiro atoms. The number of aromatic nitrogens is 2. The number of aliphatic hydroxyl groups is 1. The van der Waals surface area contributed by atoms with Gasteiger partial charge in [-0.05, 0) is 18.1 Å². The van der Waals surface area contributed by atoms with Gasteiger partial charge in [-0.15, -0.1) is 0 Å². The van der Waals surface area contributed by atoms with E-state index in [0.717, 1.165) is 33.0 Å². The van der Waals surface area contributed by atoms with Gasteiger partial charge in [0.1, 0.15) is 25.1 Å². The smallest absolute Gasteiger partial charge is 0.411 e. The summed E-state index contributed by atoms with van der Waals surface area (Å²) >= 11 is 0. The third-order valence-electron chi connectivity index (χ3n) is 7.38. The molecule has 0 saturated carbocycles. The Morgan fingerprint density at radius 2 is 1.80 bits per heavy atom. The first-order chi connectivity index (χ1) is 19.7. The number of halogens is 1. The number of ether oxygens (including phenoxy) is 3. The van der Waals surface area contributed by atoms with E-state index < -0.39 is 66.3 Å². The number of rotatable bonds is 8. The van der Waals surface area contributed by atoms with Crippen LogP contribution in [0.15, 0.2) is 64.3 Å². The Bertz CT molecular complexity index is 1530. The second-order valence-electron chi connectivity index (χ2n) is 9.81. The predicted octanol–water partition coefficient (Wildman–Crippen LogP) is 1.64. The van der Waals surface area contributed by atoms with E-state index in [-0.39, 0.29) is 13.2 Å². The lowest BCUT2D eigenvalue weighted by molar-refractivity contribution is -0.128. The molecule has 1 aliphatic carbocycles. The Kier molecular flexibility index (Phi) is 8.01. The maximum atomic E-state index is 13.7. The summed E-state index contributed by atoms with van der Waals surface area (Å²) in [5.41, 5.74) is 1.68. The summed E-state index contributed by atoms with van der Waals surface area (Å²) in [5.74, 6) is -1.69. The lowest BCUT2D eigenvalue weighted by atomic mass is 10.1. The van der Waals surface area contributed by atoms with E-state index in [0.29, 0.717) is 0 Å². The summed E-state index contributed by atoms with van der Waals surface area (Å²) in [6.45, 7) is 0.783. The van der Waals surface area contributed by atoms with E-state index in [9.17, 15) is 28.7 Å². The van der Waals surface area contributed by atoms with Crippen LogP contribution >= 0.6 is 0 Å². The van der Waals surface area contributed by atoms with Gasteiger partial charge in [-0.25, -0.2) is 9.59 Å². The standard InChI is InChI=1S/C28H29FN4O8/c1-15(32(2)28(38)41-24-18-9-5-3-7-16(18)17-8-4-6-10-19(17)24)25(35)30-14-39-21-11-23(40-22(21)13-34)33-12-20(29)26(36)31-27(33)37/h3-10,12,15,21-24,34H,11,13-14H2,1-2H3,(H,30,35)(H,31,36,37)/t15-,21-,22+,23+/m0/s1. The zero-order chi connectivity index (χ0) is 29.3. The van der Waals surface area contributed by atoms with Crippen molar-refractivity contribution in [3.05, 3.63) is 92.5 Å². The van der Waals surface area contributed by atoms with Crippen molar-refractivity contribution in [1.29, 1.82) is 0 Å². The van der Waals surface area contributed by atoms with Gasteiger partial charge in [-0.3, -0.25) is 24.0 Å². The summed E-state index contributed by atoms with van der Waals surface area (Å²) < 4.78 is 31.7. The van der Waals surface area contributed by atoms with Crippen molar-refractivity contribution in [1.82, 2.24) is 19.8 Å². The molecular formula is C28H29FN4O8. The first kappa shape index (κ1) is 28.2. The average molecular weight is 569 g/mol. The normalized spacial score (nSPS) is 20.2. The van der Waals surface area contributed by atoms with Gasteiger partial charge >= 0.3 is 11.8 Å². The van der Waals surface area contributed by atoms with Crippen LogP contribution in [0.5, 0.6) is 0 Å². The zero-order valence-corrected chi connectivity index (χ0v) is 22.3. The number of likely N-dealkylation sites (N-methyl/N-ethyl adjacent to an activating group) is 1. The number of carbonyl (C=O) groups excluding carboxylic acids is 2. The molecule has 1 aliphatic heterocycles. The molecule has 5 rings (SSSR count). The van der Waals surface area contributed by atoms with Gasteiger partial charge in [0.25, 0.3) is 5.56 Å². The van der Waals surface area contributed by atoms with Gasteiger partial charge in [-0.2, -0.15) is 4.39 Å². The summed E-state index contributed by atoms with van der Waals surface area (Å²) in [4.78, 5) is 52.3. The fraction of sp³-hybridized carbons (Fsp3) is 0.357. The minimum absolute atomic E-state index is 0.0403. The van der Waals surface area contributed by atoms with Crippen molar-refractivity contribution >= 4 is 12.0 Å². The van der Waals surface area contributed by atoms with Crippen LogP contribution < -0.4 is 16.6 Å². The second-order valence-corrected chi connectivity index (χ2v) is 9.81. The summed E-state index contributed by atoms with van der Waals surface area (Å²) in [6.07, 6.45) is -3.15. The Morgan fingerprint density at radius 3 is 2.44 bits per heavy atom. The number of aliphatic hydroxyl groups excluding tert-OH is 1. The summed E-state index contributed by atoms with van der Waals surface area (Å²) in [6, 6.07) is 14.4. The summed E-state index contributed by atoms with van der Waals surface area (Å²) in [5, 5.41) is 12.2. The quantitative estimate of drug-likeness (QED) is 0.347. The first-order valence-corrected chi connectivity index (χ1v) is 13.0. The fourth-order valence-electron chi connectivity index (χ4n) is 5.01. The maximum absolute atomic E-state index is 13.7. The SMILES string of the molecule is C[C@@H](C(=O)NCO[C@H]1C[C@H](n2cc(F)c(=O)[nH]c2=O)O[C@@H]1CO)N(C)C(=O)OC1c2ccccc2-c2ccccc21. The van der Waals surface area contributed by atoms with Gasteiger partial charge in [0.05, 0.1) is 18.9 Å². The van der Waals surface area contributed by atoms with E-state index in [4.69, 9.17) is 14.2 Å². The molecule has 2 aliphatic rings. The number of hydrogen-bond donors (Lipinski definition) is 3. The summed E-state index contributed by atoms with van der Waals surface area (Å²) in [7, 11) is 1.46. The number of H-pyrrole nitrogens is 1. The van der Waals surface area contributed by atoms with Crippen LogP contribution in [-0.2, 0) is 19.0 Å². The molecule has 0 radical (unpaired) electrons. The molecule has 0 unspecified atom stereocenters. The molecule has 41 heavy (non-hydrogen) atoms. The number of hydrogen-bond acceptors (Lipinski definition) is 8. The molecule has 13 heteroatoms. The number of nitrogens with zero attached hydrogens (tertiary/aromatic N) is 2. The van der Waals surface area contributed by atoms with Crippen LogP contribution in [-0.4, -0.2) is 70.2 Å². The molecule has 2 heterocycles. The van der Waals surface area contributed by atoms with Crippen molar-refractivity contribution in [2.24, 2.45) is 0 Å². The van der Waals surface area contributed by atoms with Crippen LogP contribution in [0.2, 0.25) is 0 Å². The first-order valence-electron chi connectivity index (χ1n) is 13.0. The third-order valence-corrected chi connectivity index (χ3v) is 7.38. The molecule has 0 bridgehead atoms. The molecule has 12 nitrogen and oxygen atoms in total. The number of benzene rings is 2. The number of amides is 2. The lowest BCUT2D eigenvalue weighted by Crippen LogP contribution is -2.47. The van der Waals surface area contributed by atoms with Crippen LogP contribution in [0, 0.1) is 5.82 Å². The highest BCUT2D eigenvalue weighted by Gasteiger charge is 2.38. The van der Waals surface area contributed by atoms with Gasteiger partial charge in [0, 0.05) is 24.6 Å². The van der Waals surface area contributed by atoms with Crippen molar-refractivity contribution in [3.8, 4) is 11.1 Å². The highest BCUT2D eigenvalue weighted by Crippen LogP contribution is 2.45. The van der Waals surface area contributed by atoms with Gasteiger partial charge in [0.2, 0.25) is 11.7 Å². The van der Waals surface area contributed by atoms with Crippen LogP contribution in [0.1, 0.15) is 36.8 Å². The zero-order valence-electron chi connectivity index (χ0n) is 22.3. The molecule has 4 atom stereocenters. The number of fused-ring (bicyclic) bond motifs is 3. The molecule has 1 aromatic heterocycles. The van der Waals surface area contributed by atoms with E-state index in [2.05, 4.69) is 5.32 Å². The molecule has 2 amide bonds. The Balaban J connectivity index is 1.16. The third kappa shape index (κ3) is 5.51. The number of nitrogens with one attached hydrogen (secondary N) is 2. The highest BCUT2D eigenvalue weighted by atomic mass is 19.1. The molecule has 3 aromatic rings. The van der Waals surface area contributed by atoms with Crippen molar-refractivity contribution in [3.63, 3.8) is 0 Å². The molecule has 1 fully saturated rings. The van der Waals surface area contributed by atoms with Gasteiger partial charge in [0.15, 0.2) is 6.10 Å². The molecule has 1 saturated heterocycles. The van der Waals surface area contributed by atoms with Gasteiger partial charge in [-0.1, -0.05) is 48.5 Å². The van der Waals surface area contributed by atoms with Crippen molar-refractivity contribution in [2.75, 3.05) is 20.4 Å². The monoisotopic (exact) mass is 568 g/mol. The van der Waals surface area contributed by atoms with Gasteiger partial charge < -0.3 is 24.6 Å². The minimum Gasteiger partial charge on any atom is -0.436 e. The number of aromatic amines is 1. The Labute approximate surface area is 233 Å². The van der Waals surface area contributed by atoms with E-state index in [1.54, 1.807) is 0 Å². The Hall–Kier alpha value is -4.33. The largest absolute Gasteiger partial charge is 0.436 e. The van der Waals surface area contributed by atoms with Crippen LogP contribution in [0.25, 0.3) is 11.1 Å². The van der Waals surface area contributed by atoms with Crippen LogP contribution in [0.3, 0.4) is 0 Å². The lowest BCUT2D eigenvalue weighted by Gasteiger charge is -2.26. The molecule has 3 N–H and O–H groups in total.